The second-order valence-corrected chi connectivity index (χ2v) is 6.64. The topological polar surface area (TPSA) is 84.0 Å². The minimum absolute atomic E-state index is 0.0392. The van der Waals surface area contributed by atoms with Crippen molar-refractivity contribution in [2.45, 2.75) is 17.8 Å². The molecule has 2 rings (SSSR count). The van der Waals surface area contributed by atoms with Gasteiger partial charge in [0.1, 0.15) is 0 Å². The Morgan fingerprint density at radius 3 is 2.55 bits per heavy atom. The van der Waals surface area contributed by atoms with Crippen molar-refractivity contribution in [1.82, 2.24) is 15.5 Å². The number of Topliss-reactive ketones (excluding diaryl/α,β-unsaturated/α-hetero) is 1. The lowest BCUT2D eigenvalue weighted by atomic mass is 10.1. The van der Waals surface area contributed by atoms with Crippen molar-refractivity contribution in [2.75, 3.05) is 18.1 Å². The molecule has 1 amide bonds. The summed E-state index contributed by atoms with van der Waals surface area (Å²) in [5.41, 5.74) is 1.61. The van der Waals surface area contributed by atoms with Crippen molar-refractivity contribution in [3.8, 4) is 0 Å². The van der Waals surface area contributed by atoms with Crippen LogP contribution in [0, 0.1) is 0 Å². The standard InChI is InChI=1S/C14H16N4O2S2/c1-9(19)16-7-10-3-5-11(6-4-10)12(20)8-21-14-18-17-13(15-2)22-14/h3-6H,7-8H2,1-2H3,(H,15,17)(H,16,19). The third-order valence-electron chi connectivity index (χ3n) is 2.76. The van der Waals surface area contributed by atoms with Gasteiger partial charge in [-0.2, -0.15) is 0 Å². The van der Waals surface area contributed by atoms with E-state index in [1.54, 1.807) is 19.2 Å². The maximum Gasteiger partial charge on any atom is 0.217 e. The Balaban J connectivity index is 1.87. The van der Waals surface area contributed by atoms with Gasteiger partial charge in [-0.15, -0.1) is 10.2 Å². The Kier molecular flexibility index (Phi) is 5.91. The fourth-order valence-corrected chi connectivity index (χ4v) is 3.21. The Morgan fingerprint density at radius 2 is 1.95 bits per heavy atom. The summed E-state index contributed by atoms with van der Waals surface area (Å²) < 4.78 is 0.764. The van der Waals surface area contributed by atoms with Crippen LogP contribution in [0.3, 0.4) is 0 Å². The van der Waals surface area contributed by atoms with Crippen LogP contribution in [-0.4, -0.2) is 34.7 Å². The Hall–Kier alpha value is -1.93. The van der Waals surface area contributed by atoms with Crippen LogP contribution in [0.25, 0.3) is 0 Å². The van der Waals surface area contributed by atoms with Crippen LogP contribution in [0.1, 0.15) is 22.8 Å². The molecule has 0 spiro atoms. The van der Waals surface area contributed by atoms with E-state index in [9.17, 15) is 9.59 Å². The molecule has 8 heteroatoms. The number of amides is 1. The molecule has 22 heavy (non-hydrogen) atoms. The molecule has 2 aromatic rings. The molecule has 0 unspecified atom stereocenters. The van der Waals surface area contributed by atoms with Gasteiger partial charge in [-0.3, -0.25) is 9.59 Å². The van der Waals surface area contributed by atoms with Crippen molar-refractivity contribution in [2.24, 2.45) is 0 Å². The lowest BCUT2D eigenvalue weighted by Gasteiger charge is -2.04. The maximum atomic E-state index is 12.1. The molecule has 0 radical (unpaired) electrons. The number of ketones is 1. The molecule has 1 aromatic heterocycles. The molecule has 0 saturated heterocycles. The number of benzene rings is 1. The summed E-state index contributed by atoms with van der Waals surface area (Å²) >= 11 is 2.80. The summed E-state index contributed by atoms with van der Waals surface area (Å²) in [6, 6.07) is 7.24. The molecule has 0 saturated carbocycles. The lowest BCUT2D eigenvalue weighted by Crippen LogP contribution is -2.18. The Labute approximate surface area is 136 Å². The van der Waals surface area contributed by atoms with Crippen LogP contribution in [0.15, 0.2) is 28.6 Å². The highest BCUT2D eigenvalue weighted by Crippen LogP contribution is 2.25. The van der Waals surface area contributed by atoms with Crippen LogP contribution in [-0.2, 0) is 11.3 Å². The number of anilines is 1. The Morgan fingerprint density at radius 1 is 1.23 bits per heavy atom. The van der Waals surface area contributed by atoms with Crippen LogP contribution >= 0.6 is 23.1 Å². The fourth-order valence-electron chi connectivity index (χ4n) is 1.61. The first-order chi connectivity index (χ1) is 10.6. The minimum Gasteiger partial charge on any atom is -0.363 e. The van der Waals surface area contributed by atoms with Gasteiger partial charge in [-0.25, -0.2) is 0 Å². The van der Waals surface area contributed by atoms with Crippen molar-refractivity contribution >= 4 is 39.9 Å². The van der Waals surface area contributed by atoms with Gasteiger partial charge >= 0.3 is 0 Å². The van der Waals surface area contributed by atoms with Gasteiger partial charge in [0.05, 0.1) is 5.75 Å². The Bertz CT molecular complexity index is 655. The zero-order chi connectivity index (χ0) is 15.9. The van der Waals surface area contributed by atoms with Crippen LogP contribution < -0.4 is 10.6 Å². The molecule has 116 valence electrons. The monoisotopic (exact) mass is 336 g/mol. The zero-order valence-corrected chi connectivity index (χ0v) is 13.9. The van der Waals surface area contributed by atoms with E-state index in [0.717, 1.165) is 15.0 Å². The number of nitrogens with one attached hydrogen (secondary N) is 2. The molecule has 0 aliphatic carbocycles. The molecule has 1 heterocycles. The number of hydrogen-bond donors (Lipinski definition) is 2. The number of nitrogens with zero attached hydrogens (tertiary/aromatic N) is 2. The number of aromatic nitrogens is 2. The first kappa shape index (κ1) is 16.4. The molecule has 2 N–H and O–H groups in total. The van der Waals surface area contributed by atoms with E-state index >= 15 is 0 Å². The van der Waals surface area contributed by atoms with Crippen molar-refractivity contribution in [1.29, 1.82) is 0 Å². The number of hydrogen-bond acceptors (Lipinski definition) is 7. The van der Waals surface area contributed by atoms with E-state index in [1.807, 2.05) is 12.1 Å². The second-order valence-electron chi connectivity index (χ2n) is 4.44. The highest BCUT2D eigenvalue weighted by molar-refractivity contribution is 8.01. The summed E-state index contributed by atoms with van der Waals surface area (Å²) in [5.74, 6) is 0.287. The summed E-state index contributed by atoms with van der Waals surface area (Å²) in [4.78, 5) is 23.0. The first-order valence-electron chi connectivity index (χ1n) is 6.59. The van der Waals surface area contributed by atoms with Gasteiger partial charge in [0.15, 0.2) is 10.1 Å². The van der Waals surface area contributed by atoms with Gasteiger partial charge in [0.25, 0.3) is 0 Å². The van der Waals surface area contributed by atoms with Gasteiger partial charge in [-0.1, -0.05) is 47.4 Å². The van der Waals surface area contributed by atoms with Crippen LogP contribution in [0.5, 0.6) is 0 Å². The number of carbonyl (C=O) groups is 2. The summed E-state index contributed by atoms with van der Waals surface area (Å²) in [7, 11) is 1.78. The average Bonchev–Trinajstić information content (AvgIpc) is 2.99. The predicted molar refractivity (Wildman–Crippen MR) is 88.5 cm³/mol. The van der Waals surface area contributed by atoms with Crippen LogP contribution in [0.2, 0.25) is 0 Å². The highest BCUT2D eigenvalue weighted by Gasteiger charge is 2.09. The van der Waals surface area contributed by atoms with Gasteiger partial charge in [-0.05, 0) is 5.56 Å². The number of rotatable bonds is 7. The molecule has 1 aromatic carbocycles. The second kappa shape index (κ2) is 7.90. The van der Waals surface area contributed by atoms with Gasteiger partial charge in [0.2, 0.25) is 11.0 Å². The predicted octanol–water partition coefficient (Wildman–Crippen LogP) is 2.19. The zero-order valence-electron chi connectivity index (χ0n) is 12.3. The third-order valence-corrected chi connectivity index (χ3v) is 4.84. The van der Waals surface area contributed by atoms with E-state index in [-0.39, 0.29) is 11.7 Å². The molecule has 0 bridgehead atoms. The van der Waals surface area contributed by atoms with E-state index in [2.05, 4.69) is 20.8 Å². The summed E-state index contributed by atoms with van der Waals surface area (Å²) in [6.07, 6.45) is 0. The van der Waals surface area contributed by atoms with E-state index in [1.165, 1.54) is 30.0 Å². The third kappa shape index (κ3) is 4.81. The van der Waals surface area contributed by atoms with E-state index < -0.39 is 0 Å². The smallest absolute Gasteiger partial charge is 0.217 e. The molecule has 0 fully saturated rings. The quantitative estimate of drug-likeness (QED) is 0.596. The molecule has 0 aliphatic heterocycles. The molecule has 6 nitrogen and oxygen atoms in total. The number of thioether (sulfide) groups is 1. The normalized spacial score (nSPS) is 10.3. The summed E-state index contributed by atoms with van der Waals surface area (Å²) in [5, 5.41) is 14.3. The minimum atomic E-state index is -0.0745. The SMILES string of the molecule is CNc1nnc(SCC(=O)c2ccc(CNC(C)=O)cc2)s1. The van der Waals surface area contributed by atoms with Crippen LogP contribution in [0.4, 0.5) is 5.13 Å². The first-order valence-corrected chi connectivity index (χ1v) is 8.39. The summed E-state index contributed by atoms with van der Waals surface area (Å²) in [6.45, 7) is 1.94. The fraction of sp³-hybridized carbons (Fsp3) is 0.286. The van der Waals surface area contributed by atoms with Crippen molar-refractivity contribution in [3.05, 3.63) is 35.4 Å². The maximum absolute atomic E-state index is 12.1. The van der Waals surface area contributed by atoms with Gasteiger partial charge in [0, 0.05) is 26.1 Å². The molecule has 0 atom stereocenters. The molecule has 0 aliphatic rings. The highest BCUT2D eigenvalue weighted by atomic mass is 32.2. The van der Waals surface area contributed by atoms with Crippen molar-refractivity contribution in [3.63, 3.8) is 0 Å². The largest absolute Gasteiger partial charge is 0.363 e. The molecular formula is C14H16N4O2S2. The molecular weight excluding hydrogens is 320 g/mol. The van der Waals surface area contributed by atoms with Crippen molar-refractivity contribution < 1.29 is 9.59 Å². The number of carbonyl (C=O) groups excluding carboxylic acids is 2. The van der Waals surface area contributed by atoms with Gasteiger partial charge < -0.3 is 10.6 Å². The van der Waals surface area contributed by atoms with E-state index in [0.29, 0.717) is 17.9 Å². The van der Waals surface area contributed by atoms with E-state index in [4.69, 9.17) is 0 Å². The average molecular weight is 336 g/mol. The lowest BCUT2D eigenvalue weighted by molar-refractivity contribution is -0.119.